The first kappa shape index (κ1) is 12.3. The van der Waals surface area contributed by atoms with Crippen molar-refractivity contribution >= 4 is 5.82 Å². The topological polar surface area (TPSA) is 49.8 Å². The Kier molecular flexibility index (Phi) is 4.31. The molecule has 0 aromatic carbocycles. The molecule has 0 amide bonds. The van der Waals surface area contributed by atoms with Gasteiger partial charge in [-0.2, -0.15) is 0 Å². The van der Waals surface area contributed by atoms with Gasteiger partial charge >= 0.3 is 0 Å². The predicted octanol–water partition coefficient (Wildman–Crippen LogP) is 1.90. The van der Waals surface area contributed by atoms with Crippen LogP contribution >= 0.6 is 0 Å². The van der Waals surface area contributed by atoms with Crippen LogP contribution < -0.4 is 10.6 Å². The van der Waals surface area contributed by atoms with E-state index in [4.69, 9.17) is 0 Å². The minimum Gasteiger partial charge on any atom is -0.367 e. The van der Waals surface area contributed by atoms with Gasteiger partial charge in [-0.25, -0.2) is 9.97 Å². The zero-order chi connectivity index (χ0) is 12.1. The first-order valence-corrected chi connectivity index (χ1v) is 6.59. The molecule has 4 heteroatoms. The first-order chi connectivity index (χ1) is 8.28. The second-order valence-electron chi connectivity index (χ2n) is 4.67. The van der Waals surface area contributed by atoms with Crippen molar-refractivity contribution in [3.63, 3.8) is 0 Å². The average Bonchev–Trinajstić information content (AvgIpc) is 2.57. The van der Waals surface area contributed by atoms with Crippen LogP contribution in [0.5, 0.6) is 0 Å². The molecule has 0 bridgehead atoms. The number of rotatable bonds is 3. The molecule has 1 unspecified atom stereocenters. The number of nitrogens with zero attached hydrogens (tertiary/aromatic N) is 2. The first-order valence-electron chi connectivity index (χ1n) is 6.59. The van der Waals surface area contributed by atoms with Gasteiger partial charge in [-0.1, -0.05) is 6.92 Å². The third-order valence-electron chi connectivity index (χ3n) is 3.18. The van der Waals surface area contributed by atoms with Crippen LogP contribution in [-0.2, 0) is 6.42 Å². The van der Waals surface area contributed by atoms with E-state index in [0.717, 1.165) is 36.8 Å². The van der Waals surface area contributed by atoms with Gasteiger partial charge in [-0.05, 0) is 45.7 Å². The molecule has 0 aliphatic carbocycles. The molecule has 1 fully saturated rings. The number of aromatic nitrogens is 2. The van der Waals surface area contributed by atoms with Crippen LogP contribution in [0.15, 0.2) is 6.07 Å². The third-order valence-corrected chi connectivity index (χ3v) is 3.18. The number of hydrogen-bond donors (Lipinski definition) is 2. The second kappa shape index (κ2) is 5.96. The second-order valence-corrected chi connectivity index (χ2v) is 4.67. The molecule has 1 aliphatic rings. The molecular formula is C13H22N4. The van der Waals surface area contributed by atoms with Crippen LogP contribution in [0.25, 0.3) is 0 Å². The fourth-order valence-electron chi connectivity index (χ4n) is 2.26. The molecule has 0 radical (unpaired) electrons. The van der Waals surface area contributed by atoms with Crippen molar-refractivity contribution in [2.24, 2.45) is 0 Å². The van der Waals surface area contributed by atoms with E-state index in [1.165, 1.54) is 19.3 Å². The fraction of sp³-hybridized carbons (Fsp3) is 0.692. The van der Waals surface area contributed by atoms with Gasteiger partial charge in [0.05, 0.1) is 0 Å². The molecule has 2 rings (SSSR count). The smallest absolute Gasteiger partial charge is 0.130 e. The van der Waals surface area contributed by atoms with E-state index >= 15 is 0 Å². The average molecular weight is 234 g/mol. The summed E-state index contributed by atoms with van der Waals surface area (Å²) >= 11 is 0. The molecule has 4 nitrogen and oxygen atoms in total. The molecule has 1 aliphatic heterocycles. The maximum absolute atomic E-state index is 4.46. The molecule has 0 spiro atoms. The lowest BCUT2D eigenvalue weighted by Gasteiger charge is -2.17. The van der Waals surface area contributed by atoms with Crippen molar-refractivity contribution in [1.82, 2.24) is 15.3 Å². The van der Waals surface area contributed by atoms with E-state index in [1.807, 2.05) is 6.92 Å². The van der Waals surface area contributed by atoms with Gasteiger partial charge in [0.1, 0.15) is 11.6 Å². The highest BCUT2D eigenvalue weighted by molar-refractivity contribution is 5.37. The molecule has 2 heterocycles. The Morgan fingerprint density at radius 3 is 3.06 bits per heavy atom. The number of nitrogens with one attached hydrogen (secondary N) is 2. The minimum absolute atomic E-state index is 0.545. The summed E-state index contributed by atoms with van der Waals surface area (Å²) < 4.78 is 0. The van der Waals surface area contributed by atoms with Gasteiger partial charge in [-0.15, -0.1) is 0 Å². The molecule has 1 saturated heterocycles. The van der Waals surface area contributed by atoms with E-state index in [1.54, 1.807) is 0 Å². The standard InChI is InChI=1S/C13H22N4/c1-3-11-9-13(16-10(2)15-11)17-12-5-4-7-14-8-6-12/h9,12,14H,3-8H2,1-2H3,(H,15,16,17). The Morgan fingerprint density at radius 1 is 1.35 bits per heavy atom. The number of aryl methyl sites for hydroxylation is 2. The molecule has 94 valence electrons. The van der Waals surface area contributed by atoms with Crippen LogP contribution in [0, 0.1) is 6.92 Å². The van der Waals surface area contributed by atoms with Crippen molar-refractivity contribution in [3.05, 3.63) is 17.6 Å². The van der Waals surface area contributed by atoms with Crippen molar-refractivity contribution < 1.29 is 0 Å². The Hall–Kier alpha value is -1.16. The lowest BCUT2D eigenvalue weighted by Crippen LogP contribution is -2.22. The summed E-state index contributed by atoms with van der Waals surface area (Å²) in [5.41, 5.74) is 1.12. The number of hydrogen-bond acceptors (Lipinski definition) is 4. The van der Waals surface area contributed by atoms with E-state index in [-0.39, 0.29) is 0 Å². The Morgan fingerprint density at radius 2 is 2.24 bits per heavy atom. The fourth-order valence-corrected chi connectivity index (χ4v) is 2.26. The Labute approximate surface area is 103 Å². The van der Waals surface area contributed by atoms with Crippen LogP contribution in [0.2, 0.25) is 0 Å². The Balaban J connectivity index is 2.03. The van der Waals surface area contributed by atoms with Crippen LogP contribution in [-0.4, -0.2) is 29.1 Å². The SMILES string of the molecule is CCc1cc(NC2CCCNCC2)nc(C)n1. The van der Waals surface area contributed by atoms with Gasteiger partial charge in [0, 0.05) is 17.8 Å². The summed E-state index contributed by atoms with van der Waals surface area (Å²) in [7, 11) is 0. The summed E-state index contributed by atoms with van der Waals surface area (Å²) in [6.07, 6.45) is 4.59. The van der Waals surface area contributed by atoms with E-state index in [2.05, 4.69) is 33.6 Å². The minimum atomic E-state index is 0.545. The molecule has 1 aromatic heterocycles. The van der Waals surface area contributed by atoms with Crippen molar-refractivity contribution in [2.45, 2.75) is 45.6 Å². The van der Waals surface area contributed by atoms with Crippen molar-refractivity contribution in [3.8, 4) is 0 Å². The Bertz CT molecular complexity index is 356. The summed E-state index contributed by atoms with van der Waals surface area (Å²) in [6.45, 7) is 6.32. The molecule has 0 saturated carbocycles. The highest BCUT2D eigenvalue weighted by Gasteiger charge is 2.12. The van der Waals surface area contributed by atoms with Crippen molar-refractivity contribution in [1.29, 1.82) is 0 Å². The summed E-state index contributed by atoms with van der Waals surface area (Å²) in [5.74, 6) is 1.85. The summed E-state index contributed by atoms with van der Waals surface area (Å²) in [6, 6.07) is 2.62. The van der Waals surface area contributed by atoms with Crippen LogP contribution in [0.1, 0.15) is 37.7 Å². The van der Waals surface area contributed by atoms with Crippen LogP contribution in [0.3, 0.4) is 0 Å². The monoisotopic (exact) mass is 234 g/mol. The molecule has 1 atom stereocenters. The highest BCUT2D eigenvalue weighted by Crippen LogP contribution is 2.13. The van der Waals surface area contributed by atoms with Crippen molar-refractivity contribution in [2.75, 3.05) is 18.4 Å². The lowest BCUT2D eigenvalue weighted by atomic mass is 10.1. The van der Waals surface area contributed by atoms with Gasteiger partial charge < -0.3 is 10.6 Å². The zero-order valence-corrected chi connectivity index (χ0v) is 10.8. The molecule has 17 heavy (non-hydrogen) atoms. The van der Waals surface area contributed by atoms with E-state index in [0.29, 0.717) is 6.04 Å². The lowest BCUT2D eigenvalue weighted by molar-refractivity contribution is 0.634. The third kappa shape index (κ3) is 3.66. The molecular weight excluding hydrogens is 212 g/mol. The summed E-state index contributed by atoms with van der Waals surface area (Å²) in [5, 5.41) is 6.97. The van der Waals surface area contributed by atoms with Crippen LogP contribution in [0.4, 0.5) is 5.82 Å². The normalized spacial score (nSPS) is 20.9. The maximum atomic E-state index is 4.46. The van der Waals surface area contributed by atoms with Gasteiger partial charge in [-0.3, -0.25) is 0 Å². The zero-order valence-electron chi connectivity index (χ0n) is 10.8. The summed E-state index contributed by atoms with van der Waals surface area (Å²) in [4.78, 5) is 8.86. The quantitative estimate of drug-likeness (QED) is 0.838. The maximum Gasteiger partial charge on any atom is 0.130 e. The number of anilines is 1. The van der Waals surface area contributed by atoms with Gasteiger partial charge in [0.25, 0.3) is 0 Å². The predicted molar refractivity (Wildman–Crippen MR) is 70.3 cm³/mol. The highest BCUT2D eigenvalue weighted by atomic mass is 15.1. The molecule has 1 aromatic rings. The molecule has 2 N–H and O–H groups in total. The van der Waals surface area contributed by atoms with E-state index in [9.17, 15) is 0 Å². The van der Waals surface area contributed by atoms with E-state index < -0.39 is 0 Å². The van der Waals surface area contributed by atoms with Gasteiger partial charge in [0.2, 0.25) is 0 Å². The largest absolute Gasteiger partial charge is 0.367 e. The van der Waals surface area contributed by atoms with Gasteiger partial charge in [0.15, 0.2) is 0 Å².